The number of hydrogen-bond acceptors (Lipinski definition) is 2. The van der Waals surface area contributed by atoms with Crippen molar-refractivity contribution >= 4 is 35.8 Å². The molecule has 1 fully saturated rings. The van der Waals surface area contributed by atoms with Gasteiger partial charge in [0.15, 0.2) is 0 Å². The van der Waals surface area contributed by atoms with Crippen molar-refractivity contribution in [1.82, 2.24) is 5.32 Å². The summed E-state index contributed by atoms with van der Waals surface area (Å²) in [6.45, 7) is 1.13. The molecule has 0 aliphatic carbocycles. The van der Waals surface area contributed by atoms with E-state index in [9.17, 15) is 0 Å². The third-order valence-corrected chi connectivity index (χ3v) is 5.00. The van der Waals surface area contributed by atoms with Gasteiger partial charge in [0.1, 0.15) is 0 Å². The molecule has 4 heteroatoms. The summed E-state index contributed by atoms with van der Waals surface area (Å²) < 4.78 is 0. The summed E-state index contributed by atoms with van der Waals surface area (Å²) in [6.07, 6.45) is 3.85. The van der Waals surface area contributed by atoms with Gasteiger partial charge in [0.2, 0.25) is 0 Å². The van der Waals surface area contributed by atoms with Gasteiger partial charge in [0.25, 0.3) is 0 Å². The Bertz CT molecular complexity index is 565. The molecular weight excluding hydrogens is 321 g/mol. The Morgan fingerprint density at radius 2 is 1.76 bits per heavy atom. The first-order valence-electron chi connectivity index (χ1n) is 7.09. The predicted molar refractivity (Wildman–Crippen MR) is 93.9 cm³/mol. The first kappa shape index (κ1) is 16.7. The van der Waals surface area contributed by atoms with Crippen molar-refractivity contribution in [2.75, 3.05) is 6.54 Å². The van der Waals surface area contributed by atoms with E-state index < -0.39 is 0 Å². The van der Waals surface area contributed by atoms with Crippen LogP contribution in [0.15, 0.2) is 58.3 Å². The van der Waals surface area contributed by atoms with Crippen LogP contribution >= 0.6 is 35.8 Å². The molecule has 2 aromatic rings. The van der Waals surface area contributed by atoms with Gasteiger partial charge in [-0.05, 0) is 55.3 Å². The zero-order valence-electron chi connectivity index (χ0n) is 11.7. The van der Waals surface area contributed by atoms with Crippen LogP contribution in [0.1, 0.15) is 30.9 Å². The minimum absolute atomic E-state index is 0. The molecule has 1 saturated heterocycles. The van der Waals surface area contributed by atoms with Crippen molar-refractivity contribution in [3.05, 3.63) is 59.1 Å². The fourth-order valence-corrected chi connectivity index (χ4v) is 3.74. The second-order valence-corrected chi connectivity index (χ2v) is 6.65. The van der Waals surface area contributed by atoms with E-state index in [0.29, 0.717) is 6.04 Å². The van der Waals surface area contributed by atoms with Crippen LogP contribution in [0.3, 0.4) is 0 Å². The van der Waals surface area contributed by atoms with Gasteiger partial charge >= 0.3 is 0 Å². The molecule has 0 saturated carbocycles. The third kappa shape index (κ3) is 4.40. The molecule has 1 heterocycles. The molecule has 1 nitrogen and oxygen atoms in total. The van der Waals surface area contributed by atoms with Crippen LogP contribution in [0.5, 0.6) is 0 Å². The summed E-state index contributed by atoms with van der Waals surface area (Å²) in [5.41, 5.74) is 1.42. The molecule has 0 aromatic heterocycles. The molecule has 0 radical (unpaired) electrons. The van der Waals surface area contributed by atoms with E-state index in [4.69, 9.17) is 11.6 Å². The molecule has 112 valence electrons. The maximum Gasteiger partial charge on any atom is 0.0406 e. The lowest BCUT2D eigenvalue weighted by atomic mass is 9.98. The molecule has 0 spiro atoms. The molecule has 1 aliphatic rings. The standard InChI is InChI=1S/C17H18ClNS.ClH/c18-13-8-10-14(11-9-13)20-17-7-2-1-5-15(17)16-6-3-4-12-19-16;/h1-2,5,7-11,16,19H,3-4,6,12H2;1H/t16-;/m0./s1. The van der Waals surface area contributed by atoms with Gasteiger partial charge in [-0.15, -0.1) is 12.4 Å². The maximum absolute atomic E-state index is 5.95. The van der Waals surface area contributed by atoms with Gasteiger partial charge in [-0.1, -0.05) is 48.0 Å². The Balaban J connectivity index is 0.00000161. The number of hydrogen-bond donors (Lipinski definition) is 1. The van der Waals surface area contributed by atoms with E-state index in [1.54, 1.807) is 0 Å². The van der Waals surface area contributed by atoms with Crippen LogP contribution in [0.25, 0.3) is 0 Å². The highest BCUT2D eigenvalue weighted by atomic mass is 35.5. The number of piperidine rings is 1. The maximum atomic E-state index is 5.95. The fourth-order valence-electron chi connectivity index (χ4n) is 2.61. The quantitative estimate of drug-likeness (QED) is 0.766. The van der Waals surface area contributed by atoms with Gasteiger partial charge in [-0.25, -0.2) is 0 Å². The van der Waals surface area contributed by atoms with E-state index in [1.165, 1.54) is 34.6 Å². The normalized spacial score (nSPS) is 18.0. The second-order valence-electron chi connectivity index (χ2n) is 5.10. The smallest absolute Gasteiger partial charge is 0.0406 e. The Kier molecular flexibility index (Phi) is 6.43. The van der Waals surface area contributed by atoms with Crippen molar-refractivity contribution in [3.63, 3.8) is 0 Å². The van der Waals surface area contributed by atoms with Gasteiger partial charge < -0.3 is 5.32 Å². The molecule has 1 N–H and O–H groups in total. The van der Waals surface area contributed by atoms with Crippen molar-refractivity contribution in [2.45, 2.75) is 35.1 Å². The van der Waals surface area contributed by atoms with Crippen molar-refractivity contribution in [3.8, 4) is 0 Å². The van der Waals surface area contributed by atoms with E-state index in [1.807, 2.05) is 23.9 Å². The van der Waals surface area contributed by atoms with Gasteiger partial charge in [0, 0.05) is 20.9 Å². The lowest BCUT2D eigenvalue weighted by Crippen LogP contribution is -2.27. The molecular formula is C17H19Cl2NS. The summed E-state index contributed by atoms with van der Waals surface area (Å²) in [7, 11) is 0. The van der Waals surface area contributed by atoms with Crippen molar-refractivity contribution < 1.29 is 0 Å². The number of nitrogens with one attached hydrogen (secondary N) is 1. The summed E-state index contributed by atoms with van der Waals surface area (Å²) in [4.78, 5) is 2.58. The van der Waals surface area contributed by atoms with Gasteiger partial charge in [-0.2, -0.15) is 0 Å². The fraction of sp³-hybridized carbons (Fsp3) is 0.294. The Morgan fingerprint density at radius 3 is 2.48 bits per heavy atom. The summed E-state index contributed by atoms with van der Waals surface area (Å²) >= 11 is 7.77. The second kappa shape index (κ2) is 8.09. The van der Waals surface area contributed by atoms with Gasteiger partial charge in [0.05, 0.1) is 0 Å². The van der Waals surface area contributed by atoms with Gasteiger partial charge in [-0.3, -0.25) is 0 Å². The molecule has 2 aromatic carbocycles. The highest BCUT2D eigenvalue weighted by Crippen LogP contribution is 2.35. The van der Waals surface area contributed by atoms with E-state index in [0.717, 1.165) is 11.6 Å². The zero-order valence-corrected chi connectivity index (χ0v) is 14.1. The average Bonchev–Trinajstić information content (AvgIpc) is 2.51. The Labute approximate surface area is 141 Å². The van der Waals surface area contributed by atoms with Crippen LogP contribution in [0, 0.1) is 0 Å². The van der Waals surface area contributed by atoms with Crippen molar-refractivity contribution in [2.24, 2.45) is 0 Å². The Hall–Kier alpha value is -0.670. The zero-order chi connectivity index (χ0) is 13.8. The van der Waals surface area contributed by atoms with Crippen molar-refractivity contribution in [1.29, 1.82) is 0 Å². The predicted octanol–water partition coefficient (Wildman–Crippen LogP) is 5.73. The highest BCUT2D eigenvalue weighted by molar-refractivity contribution is 7.99. The monoisotopic (exact) mass is 339 g/mol. The molecule has 1 aliphatic heterocycles. The third-order valence-electron chi connectivity index (χ3n) is 3.65. The Morgan fingerprint density at radius 1 is 1.00 bits per heavy atom. The van der Waals surface area contributed by atoms with E-state index >= 15 is 0 Å². The van der Waals surface area contributed by atoms with Crippen LogP contribution in [-0.2, 0) is 0 Å². The van der Waals surface area contributed by atoms with Crippen LogP contribution < -0.4 is 5.32 Å². The summed E-state index contributed by atoms with van der Waals surface area (Å²) in [6, 6.07) is 17.3. The SMILES string of the molecule is Cl.Clc1ccc(Sc2ccccc2[C@@H]2CCCCN2)cc1. The van der Waals surface area contributed by atoms with E-state index in [2.05, 4.69) is 41.7 Å². The summed E-state index contributed by atoms with van der Waals surface area (Å²) in [5, 5.41) is 4.42. The van der Waals surface area contributed by atoms with Crippen LogP contribution in [-0.4, -0.2) is 6.54 Å². The first-order chi connectivity index (χ1) is 9.83. The lowest BCUT2D eigenvalue weighted by molar-refractivity contribution is 0.408. The summed E-state index contributed by atoms with van der Waals surface area (Å²) in [5.74, 6) is 0. The number of halogens is 2. The molecule has 21 heavy (non-hydrogen) atoms. The topological polar surface area (TPSA) is 12.0 Å². The molecule has 3 rings (SSSR count). The number of rotatable bonds is 3. The molecule has 0 amide bonds. The van der Waals surface area contributed by atoms with Crippen LogP contribution in [0.4, 0.5) is 0 Å². The molecule has 1 atom stereocenters. The van der Waals surface area contributed by atoms with E-state index in [-0.39, 0.29) is 12.4 Å². The van der Waals surface area contributed by atoms with Crippen LogP contribution in [0.2, 0.25) is 5.02 Å². The lowest BCUT2D eigenvalue weighted by Gasteiger charge is -2.25. The minimum atomic E-state index is 0. The number of benzene rings is 2. The minimum Gasteiger partial charge on any atom is -0.310 e. The first-order valence-corrected chi connectivity index (χ1v) is 8.28. The molecule has 0 bridgehead atoms. The highest BCUT2D eigenvalue weighted by Gasteiger charge is 2.17. The average molecular weight is 340 g/mol. The largest absolute Gasteiger partial charge is 0.310 e. The molecule has 0 unspecified atom stereocenters.